The van der Waals surface area contributed by atoms with Crippen molar-refractivity contribution in [3.05, 3.63) is 83.4 Å². The summed E-state index contributed by atoms with van der Waals surface area (Å²) in [5, 5.41) is 13.2. The predicted molar refractivity (Wildman–Crippen MR) is 115 cm³/mol. The van der Waals surface area contributed by atoms with Crippen molar-refractivity contribution in [1.29, 1.82) is 0 Å². The molecule has 0 bridgehead atoms. The molecule has 0 saturated carbocycles. The number of benzene rings is 3. The maximum absolute atomic E-state index is 12.5. The van der Waals surface area contributed by atoms with Crippen LogP contribution in [-0.4, -0.2) is 17.8 Å². The number of amides is 1. The van der Waals surface area contributed by atoms with Crippen LogP contribution in [-0.2, 0) is 10.2 Å². The van der Waals surface area contributed by atoms with Gasteiger partial charge in [0.05, 0.1) is 5.69 Å². The van der Waals surface area contributed by atoms with Gasteiger partial charge in [-0.05, 0) is 33.7 Å². The number of carbonyl (C=O) groups is 1. The van der Waals surface area contributed by atoms with E-state index < -0.39 is 6.09 Å². The molecule has 3 aromatic carbocycles. The molecule has 2 N–H and O–H groups in total. The summed E-state index contributed by atoms with van der Waals surface area (Å²) in [5.41, 5.74) is 5.60. The van der Waals surface area contributed by atoms with Crippen LogP contribution in [0.4, 0.5) is 10.5 Å². The second kappa shape index (κ2) is 7.28. The van der Waals surface area contributed by atoms with Gasteiger partial charge in [-0.3, -0.25) is 5.32 Å². The predicted octanol–water partition coefficient (Wildman–Crippen LogP) is 6.05. The standard InChI is InChI=1S/C25H25NO3/c1-25(2,3)21-13-8-14-22(23(21)27)26-24(28)29-15-20-18-11-6-4-9-16(18)17-10-5-7-12-19(17)20/h4-14,20,27H,15H2,1-3H3,(H,26,28). The number of rotatable bonds is 3. The minimum atomic E-state index is -0.576. The van der Waals surface area contributed by atoms with Crippen molar-refractivity contribution in [2.75, 3.05) is 11.9 Å². The number of phenols is 1. The molecule has 0 saturated heterocycles. The zero-order valence-electron chi connectivity index (χ0n) is 16.9. The van der Waals surface area contributed by atoms with Crippen LogP contribution in [0.25, 0.3) is 11.1 Å². The van der Waals surface area contributed by atoms with Crippen LogP contribution < -0.4 is 5.32 Å². The molecule has 0 atom stereocenters. The lowest BCUT2D eigenvalue weighted by Crippen LogP contribution is -2.19. The van der Waals surface area contributed by atoms with Gasteiger partial charge in [-0.2, -0.15) is 0 Å². The minimum Gasteiger partial charge on any atom is -0.505 e. The van der Waals surface area contributed by atoms with Crippen LogP contribution in [0, 0.1) is 0 Å². The Labute approximate surface area is 171 Å². The summed E-state index contributed by atoms with van der Waals surface area (Å²) in [6, 6.07) is 21.8. The Hall–Kier alpha value is -3.27. The molecular formula is C25H25NO3. The number of para-hydroxylation sites is 1. The summed E-state index contributed by atoms with van der Waals surface area (Å²) in [5.74, 6) is 0.0798. The van der Waals surface area contributed by atoms with Gasteiger partial charge in [0.25, 0.3) is 0 Å². The van der Waals surface area contributed by atoms with Crippen LogP contribution in [0.2, 0.25) is 0 Å². The lowest BCUT2D eigenvalue weighted by atomic mass is 9.86. The summed E-state index contributed by atoms with van der Waals surface area (Å²) in [4.78, 5) is 12.5. The highest BCUT2D eigenvalue weighted by atomic mass is 16.5. The second-order valence-corrected chi connectivity index (χ2v) is 8.40. The van der Waals surface area contributed by atoms with E-state index >= 15 is 0 Å². The number of aromatic hydroxyl groups is 1. The second-order valence-electron chi connectivity index (χ2n) is 8.40. The molecule has 4 rings (SSSR count). The molecule has 148 valence electrons. The summed E-state index contributed by atoms with van der Waals surface area (Å²) in [6.07, 6.45) is -0.576. The van der Waals surface area contributed by atoms with E-state index in [0.717, 1.165) is 5.56 Å². The Balaban J connectivity index is 1.50. The topological polar surface area (TPSA) is 58.6 Å². The van der Waals surface area contributed by atoms with Gasteiger partial charge in [-0.1, -0.05) is 81.4 Å². The molecule has 1 amide bonds. The number of anilines is 1. The monoisotopic (exact) mass is 387 g/mol. The molecule has 1 aliphatic rings. The molecule has 0 aromatic heterocycles. The molecule has 1 aliphatic carbocycles. The highest BCUT2D eigenvalue weighted by Crippen LogP contribution is 2.44. The molecule has 0 aliphatic heterocycles. The molecule has 4 nitrogen and oxygen atoms in total. The fourth-order valence-electron chi connectivity index (χ4n) is 3.99. The molecule has 0 fully saturated rings. The van der Waals surface area contributed by atoms with Gasteiger partial charge in [-0.15, -0.1) is 0 Å². The Kier molecular flexibility index (Phi) is 4.79. The van der Waals surface area contributed by atoms with Gasteiger partial charge in [0.15, 0.2) is 0 Å². The number of phenolic OH excluding ortho intramolecular Hbond substituents is 1. The summed E-state index contributed by atoms with van der Waals surface area (Å²) >= 11 is 0. The van der Waals surface area contributed by atoms with E-state index in [9.17, 15) is 9.90 Å². The van der Waals surface area contributed by atoms with Crippen LogP contribution in [0.15, 0.2) is 66.7 Å². The molecule has 0 heterocycles. The summed E-state index contributed by atoms with van der Waals surface area (Å²) in [6.45, 7) is 6.27. The SMILES string of the molecule is CC(C)(C)c1cccc(NC(=O)OCC2c3ccccc3-c3ccccc32)c1O. The third-order valence-electron chi connectivity index (χ3n) is 5.42. The van der Waals surface area contributed by atoms with Gasteiger partial charge in [0.2, 0.25) is 0 Å². The first kappa shape index (κ1) is 19.1. The van der Waals surface area contributed by atoms with E-state index in [2.05, 4.69) is 29.6 Å². The highest BCUT2D eigenvalue weighted by Gasteiger charge is 2.29. The van der Waals surface area contributed by atoms with Gasteiger partial charge in [-0.25, -0.2) is 4.79 Å². The number of ether oxygens (including phenoxy) is 1. The number of nitrogens with one attached hydrogen (secondary N) is 1. The molecule has 0 radical (unpaired) electrons. The first-order valence-corrected chi connectivity index (χ1v) is 9.80. The maximum Gasteiger partial charge on any atom is 0.411 e. The Morgan fingerprint density at radius 3 is 2.10 bits per heavy atom. The third-order valence-corrected chi connectivity index (χ3v) is 5.42. The number of hydrogen-bond acceptors (Lipinski definition) is 3. The lowest BCUT2D eigenvalue weighted by Gasteiger charge is -2.22. The van der Waals surface area contributed by atoms with E-state index in [1.165, 1.54) is 22.3 Å². The number of fused-ring (bicyclic) bond motifs is 3. The molecular weight excluding hydrogens is 362 g/mol. The van der Waals surface area contributed by atoms with Gasteiger partial charge >= 0.3 is 6.09 Å². The van der Waals surface area contributed by atoms with E-state index in [1.807, 2.05) is 57.2 Å². The molecule has 4 heteroatoms. The van der Waals surface area contributed by atoms with Gasteiger partial charge in [0, 0.05) is 11.5 Å². The van der Waals surface area contributed by atoms with Crippen molar-refractivity contribution in [2.24, 2.45) is 0 Å². The molecule has 0 spiro atoms. The van der Waals surface area contributed by atoms with Crippen molar-refractivity contribution in [3.63, 3.8) is 0 Å². The van der Waals surface area contributed by atoms with E-state index in [4.69, 9.17) is 4.74 Å². The normalized spacial score (nSPS) is 12.9. The van der Waals surface area contributed by atoms with Gasteiger partial charge in [0.1, 0.15) is 12.4 Å². The van der Waals surface area contributed by atoms with E-state index in [-0.39, 0.29) is 23.7 Å². The number of carbonyl (C=O) groups excluding carboxylic acids is 1. The largest absolute Gasteiger partial charge is 0.505 e. The van der Waals surface area contributed by atoms with Crippen LogP contribution in [0.3, 0.4) is 0 Å². The molecule has 29 heavy (non-hydrogen) atoms. The quantitative estimate of drug-likeness (QED) is 0.538. The van der Waals surface area contributed by atoms with Crippen molar-refractivity contribution >= 4 is 11.8 Å². The molecule has 3 aromatic rings. The summed E-state index contributed by atoms with van der Waals surface area (Å²) in [7, 11) is 0. The fourth-order valence-corrected chi connectivity index (χ4v) is 3.99. The van der Waals surface area contributed by atoms with Gasteiger partial charge < -0.3 is 9.84 Å². The van der Waals surface area contributed by atoms with E-state index in [1.54, 1.807) is 6.07 Å². The van der Waals surface area contributed by atoms with Crippen LogP contribution >= 0.6 is 0 Å². The van der Waals surface area contributed by atoms with Crippen molar-refractivity contribution in [3.8, 4) is 16.9 Å². The summed E-state index contributed by atoms with van der Waals surface area (Å²) < 4.78 is 5.56. The van der Waals surface area contributed by atoms with E-state index in [0.29, 0.717) is 5.69 Å². The average molecular weight is 387 g/mol. The van der Waals surface area contributed by atoms with Crippen molar-refractivity contribution < 1.29 is 14.6 Å². The average Bonchev–Trinajstić information content (AvgIpc) is 3.01. The Morgan fingerprint density at radius 2 is 1.52 bits per heavy atom. The van der Waals surface area contributed by atoms with Crippen molar-refractivity contribution in [1.82, 2.24) is 0 Å². The van der Waals surface area contributed by atoms with Crippen LogP contribution in [0.5, 0.6) is 5.75 Å². The fraction of sp³-hybridized carbons (Fsp3) is 0.240. The first-order valence-electron chi connectivity index (χ1n) is 9.80. The number of hydrogen-bond donors (Lipinski definition) is 2. The smallest absolute Gasteiger partial charge is 0.411 e. The third kappa shape index (κ3) is 3.58. The Bertz CT molecular complexity index is 1020. The lowest BCUT2D eigenvalue weighted by molar-refractivity contribution is 0.158. The zero-order valence-corrected chi connectivity index (χ0v) is 16.9. The first-order chi connectivity index (χ1) is 13.9. The van der Waals surface area contributed by atoms with Crippen molar-refractivity contribution in [2.45, 2.75) is 32.1 Å². The maximum atomic E-state index is 12.5. The minimum absolute atomic E-state index is 0.00246. The highest BCUT2D eigenvalue weighted by molar-refractivity contribution is 5.87. The zero-order chi connectivity index (χ0) is 20.6. The van der Waals surface area contributed by atoms with Crippen LogP contribution in [0.1, 0.15) is 43.4 Å². The Morgan fingerprint density at radius 1 is 0.931 bits per heavy atom. The molecule has 0 unspecified atom stereocenters.